The van der Waals surface area contributed by atoms with Crippen LogP contribution in [0.25, 0.3) is 0 Å². The van der Waals surface area contributed by atoms with E-state index in [2.05, 4.69) is 5.32 Å². The smallest absolute Gasteiger partial charge is 0.246 e. The number of sulfonamides is 1. The van der Waals surface area contributed by atoms with Crippen molar-refractivity contribution in [3.8, 4) is 0 Å². The van der Waals surface area contributed by atoms with Crippen LogP contribution in [0.5, 0.6) is 0 Å². The molecule has 1 saturated heterocycles. The van der Waals surface area contributed by atoms with Crippen molar-refractivity contribution >= 4 is 10.0 Å². The summed E-state index contributed by atoms with van der Waals surface area (Å²) in [6.07, 6.45) is 2.65. The highest BCUT2D eigenvalue weighted by Crippen LogP contribution is 2.30. The van der Waals surface area contributed by atoms with Crippen molar-refractivity contribution in [1.82, 2.24) is 9.62 Å². The quantitative estimate of drug-likeness (QED) is 0.929. The molecule has 4 nitrogen and oxygen atoms in total. The Labute approximate surface area is 126 Å². The van der Waals surface area contributed by atoms with Crippen molar-refractivity contribution in [2.24, 2.45) is 0 Å². The number of hydrogen-bond acceptors (Lipinski definition) is 3. The van der Waals surface area contributed by atoms with Crippen molar-refractivity contribution < 1.29 is 12.8 Å². The molecule has 0 saturated carbocycles. The molecule has 1 aliphatic heterocycles. The van der Waals surface area contributed by atoms with Crippen LogP contribution in [0.2, 0.25) is 0 Å². The van der Waals surface area contributed by atoms with Gasteiger partial charge in [0.25, 0.3) is 0 Å². The summed E-state index contributed by atoms with van der Waals surface area (Å²) in [5.74, 6) is -0.681. The lowest BCUT2D eigenvalue weighted by atomic mass is 10.0. The summed E-state index contributed by atoms with van der Waals surface area (Å²) < 4.78 is 41.3. The van der Waals surface area contributed by atoms with E-state index in [-0.39, 0.29) is 17.0 Å². The molecule has 0 unspecified atom stereocenters. The third-order valence-corrected chi connectivity index (χ3v) is 6.19. The minimum absolute atomic E-state index is 0.0916. The van der Waals surface area contributed by atoms with E-state index < -0.39 is 15.8 Å². The number of nitrogens with one attached hydrogen (secondary N) is 1. The lowest BCUT2D eigenvalue weighted by Crippen LogP contribution is -2.47. The normalized spacial score (nSPS) is 24.2. The highest BCUT2D eigenvalue weighted by Gasteiger charge is 2.37. The van der Waals surface area contributed by atoms with Crippen LogP contribution in [0.15, 0.2) is 23.1 Å². The summed E-state index contributed by atoms with van der Waals surface area (Å²) in [5.41, 5.74) is 0.759. The number of halogens is 1. The Morgan fingerprint density at radius 3 is 2.48 bits per heavy atom. The molecule has 1 N–H and O–H groups in total. The molecule has 2 atom stereocenters. The van der Waals surface area contributed by atoms with Gasteiger partial charge >= 0.3 is 0 Å². The van der Waals surface area contributed by atoms with Gasteiger partial charge in [0.1, 0.15) is 10.7 Å². The average molecular weight is 314 g/mol. The fraction of sp³-hybridized carbons (Fsp3) is 0.600. The number of hydrogen-bond donors (Lipinski definition) is 1. The van der Waals surface area contributed by atoms with Crippen LogP contribution in [0.4, 0.5) is 4.39 Å². The van der Waals surface area contributed by atoms with Crippen molar-refractivity contribution in [2.45, 2.75) is 56.6 Å². The maximum atomic E-state index is 14.1. The first-order valence-corrected chi connectivity index (χ1v) is 8.78. The van der Waals surface area contributed by atoms with Crippen LogP contribution in [0, 0.1) is 5.82 Å². The molecule has 6 heteroatoms. The van der Waals surface area contributed by atoms with E-state index in [1.807, 2.05) is 13.8 Å². The zero-order valence-corrected chi connectivity index (χ0v) is 13.6. The second-order valence-electron chi connectivity index (χ2n) is 5.76. The van der Waals surface area contributed by atoms with Crippen molar-refractivity contribution in [3.63, 3.8) is 0 Å². The molecular weight excluding hydrogens is 291 g/mol. The minimum Gasteiger partial charge on any atom is -0.316 e. The molecule has 1 aromatic rings. The zero-order valence-electron chi connectivity index (χ0n) is 12.8. The van der Waals surface area contributed by atoms with E-state index in [0.717, 1.165) is 24.8 Å². The Kier molecular flexibility index (Phi) is 5.01. The first kappa shape index (κ1) is 16.4. The van der Waals surface area contributed by atoms with Crippen LogP contribution in [-0.4, -0.2) is 31.9 Å². The molecule has 1 aliphatic rings. The summed E-state index contributed by atoms with van der Waals surface area (Å²) >= 11 is 0. The first-order chi connectivity index (χ1) is 9.87. The lowest BCUT2D eigenvalue weighted by Gasteiger charge is -2.37. The van der Waals surface area contributed by atoms with Gasteiger partial charge in [-0.1, -0.05) is 12.5 Å². The summed E-state index contributed by atoms with van der Waals surface area (Å²) in [7, 11) is -2.03. The molecule has 0 aliphatic carbocycles. The second-order valence-corrected chi connectivity index (χ2v) is 7.57. The molecular formula is C15H23FN2O2S. The third-order valence-electron chi connectivity index (χ3n) is 4.04. The Bertz CT molecular complexity index is 594. The molecule has 21 heavy (non-hydrogen) atoms. The summed E-state index contributed by atoms with van der Waals surface area (Å²) in [6, 6.07) is 4.10. The summed E-state index contributed by atoms with van der Waals surface area (Å²) in [5, 5.41) is 2.95. The predicted molar refractivity (Wildman–Crippen MR) is 81.0 cm³/mol. The molecule has 2 rings (SSSR count). The van der Waals surface area contributed by atoms with Gasteiger partial charge in [0, 0.05) is 18.6 Å². The SMILES string of the molecule is CNCc1ccc(F)c(S(=O)(=O)N2[C@H](C)CCC[C@@H]2C)c1. The van der Waals surface area contributed by atoms with Crippen LogP contribution >= 0.6 is 0 Å². The van der Waals surface area contributed by atoms with Crippen LogP contribution in [-0.2, 0) is 16.6 Å². The van der Waals surface area contributed by atoms with Crippen LogP contribution in [0.3, 0.4) is 0 Å². The number of nitrogens with zero attached hydrogens (tertiary/aromatic N) is 1. The molecule has 0 aromatic heterocycles. The fourth-order valence-corrected chi connectivity index (χ4v) is 5.04. The number of rotatable bonds is 4. The standard InChI is InChI=1S/C15H23FN2O2S/c1-11-5-4-6-12(2)18(11)21(19,20)15-9-13(10-17-3)7-8-14(15)16/h7-9,11-12,17H,4-6,10H2,1-3H3/t11-,12+. The van der Waals surface area contributed by atoms with Gasteiger partial charge in [-0.3, -0.25) is 0 Å². The Balaban J connectivity index is 2.45. The van der Waals surface area contributed by atoms with E-state index in [0.29, 0.717) is 6.54 Å². The zero-order chi connectivity index (χ0) is 15.6. The van der Waals surface area contributed by atoms with Crippen LogP contribution in [0.1, 0.15) is 38.7 Å². The van der Waals surface area contributed by atoms with Gasteiger partial charge in [-0.15, -0.1) is 0 Å². The second kappa shape index (κ2) is 6.42. The minimum atomic E-state index is -3.80. The van der Waals surface area contributed by atoms with Gasteiger partial charge in [0.15, 0.2) is 0 Å². The average Bonchev–Trinajstić information content (AvgIpc) is 2.40. The van der Waals surface area contributed by atoms with Gasteiger partial charge in [-0.2, -0.15) is 4.31 Å². The lowest BCUT2D eigenvalue weighted by molar-refractivity contribution is 0.203. The van der Waals surface area contributed by atoms with Gasteiger partial charge in [0.05, 0.1) is 0 Å². The molecule has 0 radical (unpaired) electrons. The topological polar surface area (TPSA) is 49.4 Å². The van der Waals surface area contributed by atoms with E-state index in [4.69, 9.17) is 0 Å². The first-order valence-electron chi connectivity index (χ1n) is 7.34. The molecule has 1 heterocycles. The largest absolute Gasteiger partial charge is 0.316 e. The third kappa shape index (κ3) is 3.27. The van der Waals surface area contributed by atoms with Gasteiger partial charge in [-0.05, 0) is 51.4 Å². The monoisotopic (exact) mass is 314 g/mol. The van der Waals surface area contributed by atoms with Gasteiger partial charge in [-0.25, -0.2) is 12.8 Å². The summed E-state index contributed by atoms with van der Waals surface area (Å²) in [6.45, 7) is 4.29. The number of piperidine rings is 1. The predicted octanol–water partition coefficient (Wildman–Crippen LogP) is 2.50. The summed E-state index contributed by atoms with van der Waals surface area (Å²) in [4.78, 5) is -0.212. The molecule has 1 fully saturated rings. The van der Waals surface area contributed by atoms with Crippen molar-refractivity contribution in [3.05, 3.63) is 29.6 Å². The maximum Gasteiger partial charge on any atom is 0.246 e. The highest BCUT2D eigenvalue weighted by molar-refractivity contribution is 7.89. The van der Waals surface area contributed by atoms with E-state index in [9.17, 15) is 12.8 Å². The van der Waals surface area contributed by atoms with E-state index >= 15 is 0 Å². The molecule has 1 aromatic carbocycles. The molecule has 118 valence electrons. The molecule has 0 bridgehead atoms. The fourth-order valence-electron chi connectivity index (χ4n) is 3.04. The highest BCUT2D eigenvalue weighted by atomic mass is 32.2. The van der Waals surface area contributed by atoms with Crippen molar-refractivity contribution in [1.29, 1.82) is 0 Å². The number of benzene rings is 1. The van der Waals surface area contributed by atoms with E-state index in [1.54, 1.807) is 13.1 Å². The van der Waals surface area contributed by atoms with Gasteiger partial charge < -0.3 is 5.32 Å². The van der Waals surface area contributed by atoms with Gasteiger partial charge in [0.2, 0.25) is 10.0 Å². The maximum absolute atomic E-state index is 14.1. The Morgan fingerprint density at radius 2 is 1.90 bits per heavy atom. The Morgan fingerprint density at radius 1 is 1.29 bits per heavy atom. The Hall–Kier alpha value is -0.980. The molecule has 0 amide bonds. The van der Waals surface area contributed by atoms with E-state index in [1.165, 1.54) is 16.4 Å². The van der Waals surface area contributed by atoms with Crippen LogP contribution < -0.4 is 5.32 Å². The molecule has 0 spiro atoms. The van der Waals surface area contributed by atoms with Crippen molar-refractivity contribution in [2.75, 3.05) is 7.05 Å².